The number of fused-ring (bicyclic) bond motifs is 2. The summed E-state index contributed by atoms with van der Waals surface area (Å²) in [5, 5.41) is 5.01. The Kier molecular flexibility index (Phi) is 3.95. The van der Waals surface area contributed by atoms with Crippen LogP contribution in [0.3, 0.4) is 0 Å². The number of nitrogens with one attached hydrogen (secondary N) is 1. The molecule has 1 aromatic carbocycles. The van der Waals surface area contributed by atoms with Crippen molar-refractivity contribution in [2.75, 3.05) is 7.05 Å². The number of carbonyl (C=O) groups is 1. The molecular formula is C19H17N5O3. The zero-order chi connectivity index (χ0) is 19.1. The van der Waals surface area contributed by atoms with Crippen molar-refractivity contribution in [2.45, 2.75) is 20.4 Å². The highest BCUT2D eigenvalue weighted by Crippen LogP contribution is 2.23. The van der Waals surface area contributed by atoms with Crippen molar-refractivity contribution in [3.05, 3.63) is 63.5 Å². The lowest BCUT2D eigenvalue weighted by Crippen LogP contribution is -2.28. The van der Waals surface area contributed by atoms with E-state index in [4.69, 9.17) is 4.52 Å². The van der Waals surface area contributed by atoms with Gasteiger partial charge in [-0.1, -0.05) is 17.3 Å². The molecule has 4 rings (SSSR count). The van der Waals surface area contributed by atoms with Gasteiger partial charge in [0.2, 0.25) is 0 Å². The van der Waals surface area contributed by atoms with Crippen LogP contribution in [0, 0.1) is 13.8 Å². The molecule has 0 radical (unpaired) electrons. The molecule has 0 saturated carbocycles. The smallest absolute Gasteiger partial charge is 0.258 e. The number of benzene rings is 1. The molecule has 0 unspecified atom stereocenters. The maximum absolute atomic E-state index is 13.0. The second kappa shape index (κ2) is 6.31. The molecule has 8 nitrogen and oxygen atoms in total. The number of aromatic amines is 1. The van der Waals surface area contributed by atoms with Gasteiger partial charge in [-0.25, -0.2) is 9.97 Å². The van der Waals surface area contributed by atoms with Gasteiger partial charge in [0, 0.05) is 12.7 Å². The first-order valence-corrected chi connectivity index (χ1v) is 8.41. The quantitative estimate of drug-likeness (QED) is 0.599. The predicted molar refractivity (Wildman–Crippen MR) is 99.4 cm³/mol. The Hall–Kier alpha value is -3.55. The summed E-state index contributed by atoms with van der Waals surface area (Å²) in [5.41, 5.74) is 2.42. The Balaban J connectivity index is 1.70. The van der Waals surface area contributed by atoms with Crippen LogP contribution in [-0.4, -0.2) is 38.0 Å². The number of pyridine rings is 1. The van der Waals surface area contributed by atoms with Crippen molar-refractivity contribution in [2.24, 2.45) is 0 Å². The third-order valence-electron chi connectivity index (χ3n) is 4.37. The fraction of sp³-hybridized carbons (Fsp3) is 0.211. The first-order chi connectivity index (χ1) is 12.9. The predicted octanol–water partition coefficient (Wildman–Crippen LogP) is 2.35. The summed E-state index contributed by atoms with van der Waals surface area (Å²) >= 11 is 0. The van der Waals surface area contributed by atoms with E-state index in [-0.39, 0.29) is 18.0 Å². The van der Waals surface area contributed by atoms with Gasteiger partial charge >= 0.3 is 0 Å². The molecule has 136 valence electrons. The first-order valence-electron chi connectivity index (χ1n) is 8.41. The minimum atomic E-state index is -0.229. The van der Waals surface area contributed by atoms with Gasteiger partial charge in [0.05, 0.1) is 34.1 Å². The van der Waals surface area contributed by atoms with Crippen LogP contribution in [0.5, 0.6) is 0 Å². The van der Waals surface area contributed by atoms with Crippen LogP contribution in [0.2, 0.25) is 0 Å². The topological polar surface area (TPSA) is 105 Å². The second-order valence-corrected chi connectivity index (χ2v) is 6.45. The Labute approximate surface area is 153 Å². The van der Waals surface area contributed by atoms with E-state index in [9.17, 15) is 9.59 Å². The van der Waals surface area contributed by atoms with E-state index >= 15 is 0 Å². The normalized spacial score (nSPS) is 11.2. The molecule has 3 heterocycles. The summed E-state index contributed by atoms with van der Waals surface area (Å²) in [4.78, 5) is 38.2. The third kappa shape index (κ3) is 2.95. The second-order valence-electron chi connectivity index (χ2n) is 6.45. The minimum Gasteiger partial charge on any atom is -0.336 e. The molecular weight excluding hydrogens is 346 g/mol. The van der Waals surface area contributed by atoms with E-state index in [1.54, 1.807) is 45.2 Å². The van der Waals surface area contributed by atoms with Gasteiger partial charge in [0.15, 0.2) is 0 Å². The number of nitrogens with zero attached hydrogens (tertiary/aromatic N) is 4. The van der Waals surface area contributed by atoms with Crippen LogP contribution in [0.25, 0.3) is 22.0 Å². The van der Waals surface area contributed by atoms with Crippen molar-refractivity contribution >= 4 is 27.9 Å². The number of aryl methyl sites for hydroxylation is 2. The van der Waals surface area contributed by atoms with E-state index in [0.717, 1.165) is 0 Å². The Morgan fingerprint density at radius 3 is 2.81 bits per heavy atom. The van der Waals surface area contributed by atoms with E-state index in [1.165, 1.54) is 4.90 Å². The number of hydrogen-bond acceptors (Lipinski definition) is 6. The van der Waals surface area contributed by atoms with Gasteiger partial charge in [-0.05, 0) is 32.0 Å². The zero-order valence-electron chi connectivity index (χ0n) is 15.1. The van der Waals surface area contributed by atoms with Gasteiger partial charge in [0.1, 0.15) is 5.82 Å². The van der Waals surface area contributed by atoms with Crippen LogP contribution in [-0.2, 0) is 6.54 Å². The molecule has 0 saturated heterocycles. The lowest BCUT2D eigenvalue weighted by atomic mass is 10.1. The first kappa shape index (κ1) is 16.9. The standard InChI is InChI=1S/C19H17N5O3/c1-10-8-13(16-11(2)23-27-18(16)20-10)19(26)24(3)9-15-21-14-7-5-4-6-12(14)17(25)22-15/h4-8H,9H2,1-3H3,(H,21,22,25). The zero-order valence-corrected chi connectivity index (χ0v) is 15.1. The summed E-state index contributed by atoms with van der Waals surface area (Å²) in [5.74, 6) is 0.186. The number of aromatic nitrogens is 4. The molecule has 1 amide bonds. The molecule has 0 aliphatic rings. The Morgan fingerprint density at radius 1 is 1.22 bits per heavy atom. The van der Waals surface area contributed by atoms with Crippen molar-refractivity contribution < 1.29 is 9.32 Å². The molecule has 3 aromatic heterocycles. The largest absolute Gasteiger partial charge is 0.336 e. The highest BCUT2D eigenvalue weighted by Gasteiger charge is 2.21. The molecule has 0 aliphatic carbocycles. The molecule has 0 aliphatic heterocycles. The van der Waals surface area contributed by atoms with Crippen molar-refractivity contribution in [3.8, 4) is 0 Å². The van der Waals surface area contributed by atoms with Crippen LogP contribution in [0.15, 0.2) is 39.6 Å². The van der Waals surface area contributed by atoms with E-state index in [1.807, 2.05) is 6.07 Å². The highest BCUT2D eigenvalue weighted by molar-refractivity contribution is 6.05. The van der Waals surface area contributed by atoms with Crippen LogP contribution >= 0.6 is 0 Å². The SMILES string of the molecule is Cc1cc(C(=O)N(C)Cc2nc3ccccc3c(=O)[nH]2)c2c(C)noc2n1. The van der Waals surface area contributed by atoms with E-state index < -0.39 is 0 Å². The number of carbonyl (C=O) groups excluding carboxylic acids is 1. The average molecular weight is 363 g/mol. The van der Waals surface area contributed by atoms with Crippen molar-refractivity contribution in [1.29, 1.82) is 0 Å². The molecule has 8 heteroatoms. The summed E-state index contributed by atoms with van der Waals surface area (Å²) < 4.78 is 5.19. The van der Waals surface area contributed by atoms with Crippen LogP contribution in [0.1, 0.15) is 27.6 Å². The molecule has 0 fully saturated rings. The van der Waals surface area contributed by atoms with E-state index in [0.29, 0.717) is 44.8 Å². The number of para-hydroxylation sites is 1. The fourth-order valence-corrected chi connectivity index (χ4v) is 3.10. The number of H-pyrrole nitrogens is 1. The van der Waals surface area contributed by atoms with Gasteiger partial charge < -0.3 is 14.4 Å². The third-order valence-corrected chi connectivity index (χ3v) is 4.37. The van der Waals surface area contributed by atoms with Crippen LogP contribution in [0.4, 0.5) is 0 Å². The van der Waals surface area contributed by atoms with Gasteiger partial charge in [-0.2, -0.15) is 0 Å². The van der Waals surface area contributed by atoms with Gasteiger partial charge in [0.25, 0.3) is 17.2 Å². The van der Waals surface area contributed by atoms with E-state index in [2.05, 4.69) is 20.1 Å². The number of amides is 1. The maximum atomic E-state index is 13.0. The summed E-state index contributed by atoms with van der Waals surface area (Å²) in [6.45, 7) is 3.71. The number of rotatable bonds is 3. The van der Waals surface area contributed by atoms with Crippen molar-refractivity contribution in [1.82, 2.24) is 25.0 Å². The molecule has 0 atom stereocenters. The average Bonchev–Trinajstić information content (AvgIpc) is 3.01. The van der Waals surface area contributed by atoms with Gasteiger partial charge in [-0.3, -0.25) is 9.59 Å². The highest BCUT2D eigenvalue weighted by atomic mass is 16.5. The molecule has 0 spiro atoms. The Morgan fingerprint density at radius 2 is 2.00 bits per heavy atom. The number of hydrogen-bond donors (Lipinski definition) is 1. The van der Waals surface area contributed by atoms with Crippen molar-refractivity contribution in [3.63, 3.8) is 0 Å². The maximum Gasteiger partial charge on any atom is 0.258 e. The molecule has 27 heavy (non-hydrogen) atoms. The van der Waals surface area contributed by atoms with Crippen LogP contribution < -0.4 is 5.56 Å². The lowest BCUT2D eigenvalue weighted by molar-refractivity contribution is 0.0783. The Bertz CT molecular complexity index is 1240. The molecule has 0 bridgehead atoms. The minimum absolute atomic E-state index is 0.159. The summed E-state index contributed by atoms with van der Waals surface area (Å²) in [7, 11) is 1.65. The monoisotopic (exact) mass is 363 g/mol. The molecule has 1 N–H and O–H groups in total. The molecule has 4 aromatic rings. The van der Waals surface area contributed by atoms with Gasteiger partial charge in [-0.15, -0.1) is 0 Å². The summed E-state index contributed by atoms with van der Waals surface area (Å²) in [6, 6.07) is 8.80. The summed E-state index contributed by atoms with van der Waals surface area (Å²) in [6.07, 6.45) is 0. The fourth-order valence-electron chi connectivity index (χ4n) is 3.10. The lowest BCUT2D eigenvalue weighted by Gasteiger charge is -2.17.